The van der Waals surface area contributed by atoms with E-state index in [-0.39, 0.29) is 22.0 Å². The molecule has 1 amide bonds. The molecule has 168 valence electrons. The Balaban J connectivity index is 1.80. The number of carbonyl (C=O) groups excluding carboxylic acids is 2. The smallest absolute Gasteiger partial charge is 0.260 e. The van der Waals surface area contributed by atoms with Crippen molar-refractivity contribution in [1.82, 2.24) is 4.40 Å². The summed E-state index contributed by atoms with van der Waals surface area (Å²) in [7, 11) is 3.02. The molecule has 7 nitrogen and oxygen atoms in total. The number of nitrogens with two attached hydrogens (primary N) is 1. The van der Waals surface area contributed by atoms with E-state index < -0.39 is 11.7 Å². The van der Waals surface area contributed by atoms with Crippen LogP contribution >= 0.6 is 23.2 Å². The van der Waals surface area contributed by atoms with E-state index in [4.69, 9.17) is 38.4 Å². The standard InChI is InChI=1S/C24H19Cl2N3O4/c1-32-14-7-9-17(19(12-14)33-2)28-24(31)20-18-5-3-4-10-29(18)22(21(20)27)23(30)13-6-8-15(25)16(26)11-13/h3-12H,27H2,1-2H3,(H,28,31). The molecule has 2 aromatic carbocycles. The van der Waals surface area contributed by atoms with Crippen LogP contribution in [0.4, 0.5) is 11.4 Å². The molecule has 2 aromatic heterocycles. The fraction of sp³-hybridized carbons (Fsp3) is 0.0833. The van der Waals surface area contributed by atoms with Crippen LogP contribution in [0.5, 0.6) is 11.5 Å². The van der Waals surface area contributed by atoms with E-state index in [0.717, 1.165) is 0 Å². The molecule has 0 spiro atoms. The van der Waals surface area contributed by atoms with Gasteiger partial charge in [0, 0.05) is 17.8 Å². The molecule has 0 saturated carbocycles. The minimum atomic E-state index is -0.493. The number of pyridine rings is 1. The zero-order valence-electron chi connectivity index (χ0n) is 17.7. The molecular formula is C24H19Cl2N3O4. The predicted molar refractivity (Wildman–Crippen MR) is 129 cm³/mol. The number of methoxy groups -OCH3 is 2. The third-order valence-corrected chi connectivity index (χ3v) is 5.90. The number of nitrogens with one attached hydrogen (secondary N) is 1. The Kier molecular flexibility index (Phi) is 6.18. The molecule has 0 unspecified atom stereocenters. The number of hydrogen-bond acceptors (Lipinski definition) is 5. The molecule has 0 atom stereocenters. The minimum Gasteiger partial charge on any atom is -0.497 e. The van der Waals surface area contributed by atoms with Gasteiger partial charge in [-0.1, -0.05) is 29.3 Å². The SMILES string of the molecule is COc1ccc(NC(=O)c2c(N)c(C(=O)c3ccc(Cl)c(Cl)c3)n3ccccc23)c(OC)c1. The van der Waals surface area contributed by atoms with Crippen molar-refractivity contribution in [2.45, 2.75) is 0 Å². The van der Waals surface area contributed by atoms with Gasteiger partial charge in [-0.2, -0.15) is 0 Å². The van der Waals surface area contributed by atoms with Crippen LogP contribution < -0.4 is 20.5 Å². The first-order chi connectivity index (χ1) is 15.8. The quantitative estimate of drug-likeness (QED) is 0.361. The van der Waals surface area contributed by atoms with Crippen LogP contribution in [-0.4, -0.2) is 30.3 Å². The maximum Gasteiger partial charge on any atom is 0.260 e. The van der Waals surface area contributed by atoms with E-state index in [1.807, 2.05) is 0 Å². The Labute approximate surface area is 199 Å². The molecule has 0 aliphatic heterocycles. The molecule has 0 radical (unpaired) electrons. The molecule has 0 aliphatic rings. The topological polar surface area (TPSA) is 95.1 Å². The average Bonchev–Trinajstić information content (AvgIpc) is 3.12. The van der Waals surface area contributed by atoms with Crippen LogP contribution in [0.2, 0.25) is 10.0 Å². The number of anilines is 2. The lowest BCUT2D eigenvalue weighted by Crippen LogP contribution is -2.14. The highest BCUT2D eigenvalue weighted by atomic mass is 35.5. The highest BCUT2D eigenvalue weighted by Gasteiger charge is 2.27. The third-order valence-electron chi connectivity index (χ3n) is 5.16. The van der Waals surface area contributed by atoms with E-state index in [0.29, 0.717) is 33.3 Å². The number of hydrogen-bond donors (Lipinski definition) is 2. The largest absolute Gasteiger partial charge is 0.497 e. The van der Waals surface area contributed by atoms with Crippen molar-refractivity contribution in [3.8, 4) is 11.5 Å². The number of ether oxygens (including phenoxy) is 2. The molecular weight excluding hydrogens is 465 g/mol. The van der Waals surface area contributed by atoms with Crippen molar-refractivity contribution < 1.29 is 19.1 Å². The number of amides is 1. The summed E-state index contributed by atoms with van der Waals surface area (Å²) in [5.41, 5.74) is 7.93. The summed E-state index contributed by atoms with van der Waals surface area (Å²) in [5.74, 6) is 0.103. The summed E-state index contributed by atoms with van der Waals surface area (Å²) in [5, 5.41) is 3.38. The number of nitrogen functional groups attached to an aromatic ring is 1. The number of fused-ring (bicyclic) bond motifs is 1. The minimum absolute atomic E-state index is 0.0438. The molecule has 0 fully saturated rings. The van der Waals surface area contributed by atoms with Crippen LogP contribution in [0.1, 0.15) is 26.4 Å². The number of aromatic nitrogens is 1. The van der Waals surface area contributed by atoms with E-state index in [1.54, 1.807) is 53.1 Å². The molecule has 9 heteroatoms. The summed E-state index contributed by atoms with van der Waals surface area (Å²) in [6.45, 7) is 0. The van der Waals surface area contributed by atoms with Gasteiger partial charge in [0.25, 0.3) is 5.91 Å². The molecule has 33 heavy (non-hydrogen) atoms. The van der Waals surface area contributed by atoms with E-state index in [2.05, 4.69) is 5.32 Å². The average molecular weight is 484 g/mol. The summed E-state index contributed by atoms with van der Waals surface area (Å²) in [6.07, 6.45) is 1.67. The summed E-state index contributed by atoms with van der Waals surface area (Å²) >= 11 is 12.1. The van der Waals surface area contributed by atoms with Gasteiger partial charge in [-0.3, -0.25) is 9.59 Å². The predicted octanol–water partition coefficient (Wildman–Crippen LogP) is 5.33. The number of ketones is 1. The zero-order chi connectivity index (χ0) is 23.7. The van der Waals surface area contributed by atoms with Crippen LogP contribution in [-0.2, 0) is 0 Å². The van der Waals surface area contributed by atoms with Crippen LogP contribution in [0.15, 0.2) is 60.8 Å². The number of nitrogens with zero attached hydrogens (tertiary/aromatic N) is 1. The normalized spacial score (nSPS) is 10.8. The molecule has 0 bridgehead atoms. The lowest BCUT2D eigenvalue weighted by molar-refractivity contribution is 0.102. The van der Waals surface area contributed by atoms with E-state index >= 15 is 0 Å². The van der Waals surface area contributed by atoms with E-state index in [1.165, 1.54) is 26.4 Å². The number of benzene rings is 2. The van der Waals surface area contributed by atoms with Gasteiger partial charge in [0.05, 0.1) is 46.7 Å². The summed E-state index contributed by atoms with van der Waals surface area (Å²) in [4.78, 5) is 26.6. The van der Waals surface area contributed by atoms with Crippen molar-refractivity contribution in [3.05, 3.63) is 87.7 Å². The van der Waals surface area contributed by atoms with Gasteiger partial charge < -0.3 is 24.9 Å². The zero-order valence-corrected chi connectivity index (χ0v) is 19.2. The second kappa shape index (κ2) is 9.05. The van der Waals surface area contributed by atoms with Crippen molar-refractivity contribution in [1.29, 1.82) is 0 Å². The maximum atomic E-state index is 13.3. The first kappa shape index (κ1) is 22.5. The van der Waals surface area contributed by atoms with Crippen LogP contribution in [0.3, 0.4) is 0 Å². The fourth-order valence-corrected chi connectivity index (χ4v) is 3.86. The van der Waals surface area contributed by atoms with Gasteiger partial charge in [0.2, 0.25) is 5.78 Å². The Morgan fingerprint density at radius 2 is 1.76 bits per heavy atom. The number of rotatable bonds is 6. The molecule has 2 heterocycles. The molecule has 4 aromatic rings. The van der Waals surface area contributed by atoms with Gasteiger partial charge in [-0.25, -0.2) is 0 Å². The maximum absolute atomic E-state index is 13.3. The van der Waals surface area contributed by atoms with Gasteiger partial charge >= 0.3 is 0 Å². The Morgan fingerprint density at radius 3 is 2.45 bits per heavy atom. The Bertz CT molecular complexity index is 1400. The second-order valence-electron chi connectivity index (χ2n) is 7.07. The molecule has 0 saturated heterocycles. The molecule has 3 N–H and O–H groups in total. The van der Waals surface area contributed by atoms with Crippen LogP contribution in [0, 0.1) is 0 Å². The van der Waals surface area contributed by atoms with Crippen molar-refractivity contribution >= 4 is 51.8 Å². The second-order valence-corrected chi connectivity index (χ2v) is 7.89. The third kappa shape index (κ3) is 4.08. The number of carbonyl (C=O) groups is 2. The first-order valence-electron chi connectivity index (χ1n) is 9.77. The molecule has 0 aliphatic carbocycles. The summed E-state index contributed by atoms with van der Waals surface area (Å²) < 4.78 is 12.1. The van der Waals surface area contributed by atoms with E-state index in [9.17, 15) is 9.59 Å². The van der Waals surface area contributed by atoms with Crippen molar-refractivity contribution in [2.24, 2.45) is 0 Å². The Morgan fingerprint density at radius 1 is 0.970 bits per heavy atom. The first-order valence-corrected chi connectivity index (χ1v) is 10.5. The fourth-order valence-electron chi connectivity index (χ4n) is 3.56. The van der Waals surface area contributed by atoms with Gasteiger partial charge in [0.1, 0.15) is 17.2 Å². The monoisotopic (exact) mass is 483 g/mol. The van der Waals surface area contributed by atoms with Gasteiger partial charge in [-0.15, -0.1) is 0 Å². The lowest BCUT2D eigenvalue weighted by atomic mass is 10.1. The van der Waals surface area contributed by atoms with Gasteiger partial charge in [0.15, 0.2) is 0 Å². The number of halogens is 2. The Hall–Kier alpha value is -3.68. The van der Waals surface area contributed by atoms with Crippen LogP contribution in [0.25, 0.3) is 5.52 Å². The summed E-state index contributed by atoms with van der Waals surface area (Å²) in [6, 6.07) is 14.8. The molecule has 4 rings (SSSR count). The van der Waals surface area contributed by atoms with Crippen molar-refractivity contribution in [3.63, 3.8) is 0 Å². The highest BCUT2D eigenvalue weighted by Crippen LogP contribution is 2.33. The van der Waals surface area contributed by atoms with Gasteiger partial charge in [-0.05, 0) is 42.5 Å². The highest BCUT2D eigenvalue weighted by molar-refractivity contribution is 6.42. The van der Waals surface area contributed by atoms with Crippen molar-refractivity contribution in [2.75, 3.05) is 25.3 Å². The lowest BCUT2D eigenvalue weighted by Gasteiger charge is -2.11.